The molecule has 108 valence electrons. The van der Waals surface area contributed by atoms with Crippen molar-refractivity contribution in [2.75, 3.05) is 13.1 Å². The van der Waals surface area contributed by atoms with E-state index in [0.717, 1.165) is 29.7 Å². The maximum atomic E-state index is 6.25. The van der Waals surface area contributed by atoms with Crippen LogP contribution < -0.4 is 5.73 Å². The lowest BCUT2D eigenvalue weighted by Crippen LogP contribution is -2.38. The van der Waals surface area contributed by atoms with Crippen LogP contribution in [0.4, 0.5) is 0 Å². The number of fused-ring (bicyclic) bond motifs is 1. The third-order valence-corrected chi connectivity index (χ3v) is 4.93. The molecule has 1 aromatic rings. The maximum Gasteiger partial charge on any atom is 0.0831 e. The summed E-state index contributed by atoms with van der Waals surface area (Å²) in [4.78, 5) is 2.49. The van der Waals surface area contributed by atoms with Crippen LogP contribution in [0.25, 0.3) is 0 Å². The lowest BCUT2D eigenvalue weighted by atomic mass is 9.78. The highest BCUT2D eigenvalue weighted by molar-refractivity contribution is 6.31. The van der Waals surface area contributed by atoms with E-state index in [1.807, 2.05) is 11.7 Å². The van der Waals surface area contributed by atoms with E-state index in [9.17, 15) is 0 Å². The highest BCUT2D eigenvalue weighted by Crippen LogP contribution is 2.36. The first-order valence-electron chi connectivity index (χ1n) is 6.79. The number of likely N-dealkylation sites (tertiary alicyclic amines) is 1. The highest BCUT2D eigenvalue weighted by atomic mass is 35.5. The highest BCUT2D eigenvalue weighted by Gasteiger charge is 2.38. The first kappa shape index (κ1) is 15.1. The van der Waals surface area contributed by atoms with Crippen molar-refractivity contribution in [3.8, 4) is 0 Å². The van der Waals surface area contributed by atoms with E-state index < -0.39 is 0 Å². The Balaban J connectivity index is 0.00000133. The second kappa shape index (κ2) is 6.00. The zero-order valence-corrected chi connectivity index (χ0v) is 12.8. The van der Waals surface area contributed by atoms with Crippen LogP contribution >= 0.6 is 24.0 Å². The van der Waals surface area contributed by atoms with Crippen LogP contribution in [0.15, 0.2) is 6.20 Å². The molecule has 0 amide bonds. The molecule has 3 rings (SSSR count). The van der Waals surface area contributed by atoms with Crippen LogP contribution in [0.3, 0.4) is 0 Å². The van der Waals surface area contributed by atoms with Gasteiger partial charge in [0.05, 0.1) is 16.9 Å². The first-order chi connectivity index (χ1) is 8.65. The van der Waals surface area contributed by atoms with Crippen molar-refractivity contribution in [3.63, 3.8) is 0 Å². The Kier molecular flexibility index (Phi) is 4.77. The van der Waals surface area contributed by atoms with E-state index in [1.54, 1.807) is 6.20 Å². The smallest absolute Gasteiger partial charge is 0.0831 e. The number of rotatable bonds is 2. The van der Waals surface area contributed by atoms with Gasteiger partial charge in [-0.1, -0.05) is 18.0 Å². The molecule has 4 nitrogen and oxygen atoms in total. The minimum atomic E-state index is 0. The van der Waals surface area contributed by atoms with Crippen molar-refractivity contribution < 1.29 is 0 Å². The lowest BCUT2D eigenvalue weighted by Gasteiger charge is -2.29. The molecular formula is C13H22Cl2N4. The van der Waals surface area contributed by atoms with Crippen molar-refractivity contribution in [2.45, 2.75) is 31.8 Å². The fraction of sp³-hybridized carbons (Fsp3) is 0.769. The number of aromatic nitrogens is 2. The molecule has 2 N–H and O–H groups in total. The molecule has 0 aromatic carbocycles. The van der Waals surface area contributed by atoms with Crippen LogP contribution in [0.5, 0.6) is 0 Å². The molecule has 0 spiro atoms. The fourth-order valence-corrected chi connectivity index (χ4v) is 3.79. The first-order valence-corrected chi connectivity index (χ1v) is 7.17. The average molecular weight is 305 g/mol. The molecule has 1 aliphatic carbocycles. The Labute approximate surface area is 125 Å². The van der Waals surface area contributed by atoms with Gasteiger partial charge in [0, 0.05) is 32.7 Å². The lowest BCUT2D eigenvalue weighted by molar-refractivity contribution is 0.259. The SMILES string of the molecule is Cl.Cn1ncc(Cl)c1CN1CC2CCCC(N)C2C1. The molecule has 19 heavy (non-hydrogen) atoms. The van der Waals surface area contributed by atoms with Gasteiger partial charge in [-0.15, -0.1) is 12.4 Å². The van der Waals surface area contributed by atoms with Gasteiger partial charge in [0.2, 0.25) is 0 Å². The quantitative estimate of drug-likeness (QED) is 0.910. The minimum absolute atomic E-state index is 0. The summed E-state index contributed by atoms with van der Waals surface area (Å²) in [5, 5.41) is 4.97. The molecule has 6 heteroatoms. The summed E-state index contributed by atoms with van der Waals surface area (Å²) >= 11 is 6.17. The number of nitrogens with two attached hydrogens (primary N) is 1. The molecule has 2 aliphatic rings. The van der Waals surface area contributed by atoms with Gasteiger partial charge in [0.25, 0.3) is 0 Å². The maximum absolute atomic E-state index is 6.25. The molecule has 3 atom stereocenters. The molecular weight excluding hydrogens is 283 g/mol. The van der Waals surface area contributed by atoms with Gasteiger partial charge in [-0.05, 0) is 24.7 Å². The van der Waals surface area contributed by atoms with Crippen molar-refractivity contribution in [2.24, 2.45) is 24.6 Å². The van der Waals surface area contributed by atoms with E-state index in [1.165, 1.54) is 25.8 Å². The van der Waals surface area contributed by atoms with Crippen molar-refractivity contribution in [1.29, 1.82) is 0 Å². The largest absolute Gasteiger partial charge is 0.327 e. The summed E-state index contributed by atoms with van der Waals surface area (Å²) in [7, 11) is 1.95. The van der Waals surface area contributed by atoms with Crippen LogP contribution in [0, 0.1) is 11.8 Å². The number of aryl methyl sites for hydroxylation is 1. The van der Waals surface area contributed by atoms with Gasteiger partial charge >= 0.3 is 0 Å². The molecule has 2 heterocycles. The van der Waals surface area contributed by atoms with Gasteiger partial charge < -0.3 is 5.73 Å². The molecule has 2 fully saturated rings. The zero-order valence-electron chi connectivity index (χ0n) is 11.3. The normalized spacial score (nSPS) is 31.0. The van der Waals surface area contributed by atoms with Crippen molar-refractivity contribution in [1.82, 2.24) is 14.7 Å². The van der Waals surface area contributed by atoms with Crippen molar-refractivity contribution in [3.05, 3.63) is 16.9 Å². The van der Waals surface area contributed by atoms with Crippen LogP contribution in [0.2, 0.25) is 5.02 Å². The Morgan fingerprint density at radius 2 is 2.21 bits per heavy atom. The van der Waals surface area contributed by atoms with Crippen molar-refractivity contribution >= 4 is 24.0 Å². The Hall–Kier alpha value is -0.290. The van der Waals surface area contributed by atoms with E-state index in [2.05, 4.69) is 10.00 Å². The number of hydrogen-bond acceptors (Lipinski definition) is 3. The third-order valence-electron chi connectivity index (χ3n) is 4.61. The standard InChI is InChI=1S/C13H21ClN4.ClH/c1-17-13(11(14)5-16-17)8-18-6-9-3-2-4-12(15)10(9)7-18;/h5,9-10,12H,2-4,6-8,15H2,1H3;1H. The van der Waals surface area contributed by atoms with Crippen LogP contribution in [-0.4, -0.2) is 33.8 Å². The topological polar surface area (TPSA) is 47.1 Å². The van der Waals surface area contributed by atoms with E-state index in [4.69, 9.17) is 17.3 Å². The van der Waals surface area contributed by atoms with Gasteiger partial charge in [-0.25, -0.2) is 0 Å². The van der Waals surface area contributed by atoms with E-state index >= 15 is 0 Å². The second-order valence-electron chi connectivity index (χ2n) is 5.78. The second-order valence-corrected chi connectivity index (χ2v) is 6.18. The summed E-state index contributed by atoms with van der Waals surface area (Å²) in [5.74, 6) is 1.48. The average Bonchev–Trinajstić information content (AvgIpc) is 2.89. The van der Waals surface area contributed by atoms with Gasteiger partial charge in [0.1, 0.15) is 0 Å². The summed E-state index contributed by atoms with van der Waals surface area (Å²) in [6.45, 7) is 3.18. The predicted octanol–water partition coefficient (Wildman–Crippen LogP) is 2.05. The minimum Gasteiger partial charge on any atom is -0.327 e. The molecule has 0 radical (unpaired) electrons. The molecule has 3 unspecified atom stereocenters. The van der Waals surface area contributed by atoms with Gasteiger partial charge in [-0.3, -0.25) is 9.58 Å². The van der Waals surface area contributed by atoms with Crippen LogP contribution in [-0.2, 0) is 13.6 Å². The Morgan fingerprint density at radius 3 is 2.84 bits per heavy atom. The van der Waals surface area contributed by atoms with E-state index in [-0.39, 0.29) is 12.4 Å². The molecule has 1 aromatic heterocycles. The summed E-state index contributed by atoms with van der Waals surface area (Å²) < 4.78 is 1.88. The third kappa shape index (κ3) is 2.92. The summed E-state index contributed by atoms with van der Waals surface area (Å²) in [6.07, 6.45) is 5.56. The van der Waals surface area contributed by atoms with Gasteiger partial charge in [0.15, 0.2) is 0 Å². The Morgan fingerprint density at radius 1 is 1.42 bits per heavy atom. The summed E-state index contributed by atoms with van der Waals surface area (Å²) in [5.41, 5.74) is 7.36. The van der Waals surface area contributed by atoms with Gasteiger partial charge in [-0.2, -0.15) is 5.10 Å². The van der Waals surface area contributed by atoms with Crippen LogP contribution in [0.1, 0.15) is 25.0 Å². The van der Waals surface area contributed by atoms with E-state index in [0.29, 0.717) is 12.0 Å². The number of nitrogens with zero attached hydrogens (tertiary/aromatic N) is 3. The number of hydrogen-bond donors (Lipinski definition) is 1. The summed E-state index contributed by atoms with van der Waals surface area (Å²) in [6, 6.07) is 0.399. The fourth-order valence-electron chi connectivity index (χ4n) is 3.56. The molecule has 1 aliphatic heterocycles. The zero-order chi connectivity index (χ0) is 12.7. The predicted molar refractivity (Wildman–Crippen MR) is 79.5 cm³/mol. The molecule has 1 saturated heterocycles. The molecule has 1 saturated carbocycles. The number of halogens is 2. The molecule has 0 bridgehead atoms. The monoisotopic (exact) mass is 304 g/mol. The Bertz CT molecular complexity index is 415.